The third-order valence-corrected chi connectivity index (χ3v) is 2.22. The van der Waals surface area contributed by atoms with Gasteiger partial charge in [-0.2, -0.15) is 0 Å². The van der Waals surface area contributed by atoms with Crippen molar-refractivity contribution in [1.82, 2.24) is 0 Å². The van der Waals surface area contributed by atoms with Crippen LogP contribution in [0.25, 0.3) is 6.08 Å². The van der Waals surface area contributed by atoms with Crippen LogP contribution in [0.15, 0.2) is 60.9 Å². The van der Waals surface area contributed by atoms with Crippen molar-refractivity contribution < 1.29 is 4.74 Å². The Hall–Kier alpha value is -1.80. The topological polar surface area (TPSA) is 35.2 Å². The molecule has 0 aliphatic heterocycles. The first-order valence-electron chi connectivity index (χ1n) is 5.72. The second-order valence-corrected chi connectivity index (χ2v) is 3.53. The molecule has 1 aromatic rings. The molecule has 2 N–H and O–H groups in total. The Labute approximate surface area is 103 Å². The zero-order valence-corrected chi connectivity index (χ0v) is 10.2. The second-order valence-electron chi connectivity index (χ2n) is 3.53. The Kier molecular flexibility index (Phi) is 5.83. The molecule has 0 aliphatic rings. The molecular formula is C15H19NO. The number of ether oxygens (including phenoxy) is 1. The van der Waals surface area contributed by atoms with Gasteiger partial charge in [-0.3, -0.25) is 0 Å². The maximum absolute atomic E-state index is 6.01. The molecule has 0 amide bonds. The Morgan fingerprint density at radius 2 is 2.12 bits per heavy atom. The summed E-state index contributed by atoms with van der Waals surface area (Å²) in [6.45, 7) is 6.19. The molecule has 2 nitrogen and oxygen atoms in total. The van der Waals surface area contributed by atoms with Crippen molar-refractivity contribution in [3.05, 3.63) is 66.5 Å². The van der Waals surface area contributed by atoms with Gasteiger partial charge in [-0.25, -0.2) is 0 Å². The molecule has 90 valence electrons. The van der Waals surface area contributed by atoms with Crippen LogP contribution in [-0.2, 0) is 4.74 Å². The van der Waals surface area contributed by atoms with Crippen molar-refractivity contribution in [3.63, 3.8) is 0 Å². The molecule has 1 rings (SSSR count). The molecule has 0 unspecified atom stereocenters. The number of nitrogens with two attached hydrogens (primary N) is 1. The normalized spacial score (nSPS) is 13.6. The predicted molar refractivity (Wildman–Crippen MR) is 73.4 cm³/mol. The maximum Gasteiger partial charge on any atom is 0.117 e. The summed E-state index contributed by atoms with van der Waals surface area (Å²) in [4.78, 5) is 0. The summed E-state index contributed by atoms with van der Waals surface area (Å²) in [5.74, 6) is 0.731. The highest BCUT2D eigenvalue weighted by Gasteiger charge is 2.05. The third-order valence-electron chi connectivity index (χ3n) is 2.22. The summed E-state index contributed by atoms with van der Waals surface area (Å²) in [6, 6.07) is 9.79. The maximum atomic E-state index is 6.01. The van der Waals surface area contributed by atoms with Crippen molar-refractivity contribution in [3.8, 4) is 0 Å². The fraction of sp³-hybridized carbons (Fsp3) is 0.200. The van der Waals surface area contributed by atoms with Gasteiger partial charge in [-0.15, -0.1) is 0 Å². The first-order valence-corrected chi connectivity index (χ1v) is 5.72. The van der Waals surface area contributed by atoms with E-state index in [0.717, 1.165) is 11.3 Å². The molecule has 0 fully saturated rings. The lowest BCUT2D eigenvalue weighted by molar-refractivity contribution is 0.216. The van der Waals surface area contributed by atoms with E-state index >= 15 is 0 Å². The molecule has 1 atom stereocenters. The minimum atomic E-state index is -0.242. The first kappa shape index (κ1) is 13.3. The van der Waals surface area contributed by atoms with E-state index in [1.54, 1.807) is 12.2 Å². The highest BCUT2D eigenvalue weighted by molar-refractivity contribution is 5.50. The zero-order valence-electron chi connectivity index (χ0n) is 10.2. The lowest BCUT2D eigenvalue weighted by atomic mass is 10.1. The lowest BCUT2D eigenvalue weighted by Crippen LogP contribution is -2.21. The van der Waals surface area contributed by atoms with Gasteiger partial charge in [-0.1, -0.05) is 55.1 Å². The number of benzene rings is 1. The van der Waals surface area contributed by atoms with Crippen LogP contribution >= 0.6 is 0 Å². The van der Waals surface area contributed by atoms with Gasteiger partial charge in [0, 0.05) is 0 Å². The van der Waals surface area contributed by atoms with E-state index in [4.69, 9.17) is 10.5 Å². The van der Waals surface area contributed by atoms with Crippen molar-refractivity contribution in [2.75, 3.05) is 6.61 Å². The number of rotatable bonds is 6. The molecule has 0 spiro atoms. The standard InChI is InChI=1S/C15H19NO/c1-3-8-15(17-4-2)14(16)12-11-13-9-6-5-7-10-13/h3,5-12,14H,1,4,16H2,2H3/b12-11+,15-8+/t14-/m1/s1. The molecule has 0 saturated carbocycles. The summed E-state index contributed by atoms with van der Waals surface area (Å²) in [5.41, 5.74) is 7.13. The molecule has 0 saturated heterocycles. The Balaban J connectivity index is 2.70. The van der Waals surface area contributed by atoms with Gasteiger partial charge in [0.15, 0.2) is 0 Å². The first-order chi connectivity index (χ1) is 8.27. The van der Waals surface area contributed by atoms with Gasteiger partial charge in [0.1, 0.15) is 5.76 Å². The van der Waals surface area contributed by atoms with Crippen LogP contribution in [-0.4, -0.2) is 12.6 Å². The van der Waals surface area contributed by atoms with Crippen LogP contribution in [0, 0.1) is 0 Å². The second kappa shape index (κ2) is 7.47. The molecule has 0 bridgehead atoms. The average molecular weight is 229 g/mol. The Morgan fingerprint density at radius 3 is 2.71 bits per heavy atom. The van der Waals surface area contributed by atoms with Crippen molar-refractivity contribution in [2.24, 2.45) is 5.73 Å². The van der Waals surface area contributed by atoms with Gasteiger partial charge in [0.25, 0.3) is 0 Å². The Morgan fingerprint density at radius 1 is 1.41 bits per heavy atom. The molecule has 1 aromatic carbocycles. The molecular weight excluding hydrogens is 210 g/mol. The smallest absolute Gasteiger partial charge is 0.117 e. The molecule has 0 aromatic heterocycles. The van der Waals surface area contributed by atoms with E-state index in [2.05, 4.69) is 6.58 Å². The molecule has 17 heavy (non-hydrogen) atoms. The molecule has 0 aliphatic carbocycles. The minimum absolute atomic E-state index is 0.242. The number of hydrogen-bond acceptors (Lipinski definition) is 2. The predicted octanol–water partition coefficient (Wildman–Crippen LogP) is 3.13. The molecule has 0 heterocycles. The molecule has 2 heteroatoms. The van der Waals surface area contributed by atoms with Crippen molar-refractivity contribution >= 4 is 6.08 Å². The van der Waals surface area contributed by atoms with E-state index in [1.807, 2.05) is 49.4 Å². The Bertz CT molecular complexity index is 393. The van der Waals surface area contributed by atoms with Gasteiger partial charge in [-0.05, 0) is 18.6 Å². The summed E-state index contributed by atoms with van der Waals surface area (Å²) in [6.07, 6.45) is 7.38. The van der Waals surface area contributed by atoms with Crippen molar-refractivity contribution in [2.45, 2.75) is 13.0 Å². The number of hydrogen-bond donors (Lipinski definition) is 1. The van der Waals surface area contributed by atoms with Crippen LogP contribution in [0.5, 0.6) is 0 Å². The highest BCUT2D eigenvalue weighted by Crippen LogP contribution is 2.07. The summed E-state index contributed by atoms with van der Waals surface area (Å²) in [7, 11) is 0. The van der Waals surface area contributed by atoms with E-state index < -0.39 is 0 Å². The lowest BCUT2D eigenvalue weighted by Gasteiger charge is -2.12. The van der Waals surface area contributed by atoms with E-state index in [9.17, 15) is 0 Å². The fourth-order valence-corrected chi connectivity index (χ4v) is 1.41. The zero-order chi connectivity index (χ0) is 12.5. The summed E-state index contributed by atoms with van der Waals surface area (Å²) >= 11 is 0. The SMILES string of the molecule is C=C/C=C(/OCC)[C@H](N)/C=C/c1ccccc1. The third kappa shape index (κ3) is 4.70. The largest absolute Gasteiger partial charge is 0.496 e. The van der Waals surface area contributed by atoms with Crippen LogP contribution < -0.4 is 5.73 Å². The average Bonchev–Trinajstić information content (AvgIpc) is 2.37. The fourth-order valence-electron chi connectivity index (χ4n) is 1.41. The van der Waals surface area contributed by atoms with Crippen LogP contribution in [0.3, 0.4) is 0 Å². The van der Waals surface area contributed by atoms with Crippen LogP contribution in [0.2, 0.25) is 0 Å². The van der Waals surface area contributed by atoms with Gasteiger partial charge >= 0.3 is 0 Å². The minimum Gasteiger partial charge on any atom is -0.496 e. The quantitative estimate of drug-likeness (QED) is 0.601. The van der Waals surface area contributed by atoms with Gasteiger partial charge in [0.2, 0.25) is 0 Å². The summed E-state index contributed by atoms with van der Waals surface area (Å²) in [5, 5.41) is 0. The number of allylic oxidation sites excluding steroid dienone is 2. The van der Waals surface area contributed by atoms with E-state index in [1.165, 1.54) is 0 Å². The summed E-state index contributed by atoms with van der Waals surface area (Å²) < 4.78 is 5.45. The van der Waals surface area contributed by atoms with Crippen LogP contribution in [0.4, 0.5) is 0 Å². The van der Waals surface area contributed by atoms with E-state index in [-0.39, 0.29) is 6.04 Å². The van der Waals surface area contributed by atoms with Crippen LogP contribution in [0.1, 0.15) is 12.5 Å². The van der Waals surface area contributed by atoms with Crippen molar-refractivity contribution in [1.29, 1.82) is 0 Å². The monoisotopic (exact) mass is 229 g/mol. The van der Waals surface area contributed by atoms with Gasteiger partial charge in [0.05, 0.1) is 12.6 Å². The van der Waals surface area contributed by atoms with Gasteiger partial charge < -0.3 is 10.5 Å². The highest BCUT2D eigenvalue weighted by atomic mass is 16.5. The van der Waals surface area contributed by atoms with E-state index in [0.29, 0.717) is 6.61 Å². The molecule has 0 radical (unpaired) electrons.